The van der Waals surface area contributed by atoms with Gasteiger partial charge in [0.05, 0.1) is 11.7 Å². The predicted molar refractivity (Wildman–Crippen MR) is 95.6 cm³/mol. The number of nitrogen functional groups attached to an aromatic ring is 1. The van der Waals surface area contributed by atoms with Crippen LogP contribution in [0.4, 0.5) is 5.69 Å². The van der Waals surface area contributed by atoms with Gasteiger partial charge in [0, 0.05) is 24.7 Å². The molecule has 130 valence electrons. The summed E-state index contributed by atoms with van der Waals surface area (Å²) in [5.74, 6) is 0.617. The Morgan fingerprint density at radius 2 is 2.12 bits per heavy atom. The van der Waals surface area contributed by atoms with E-state index in [0.29, 0.717) is 17.8 Å². The zero-order valence-electron chi connectivity index (χ0n) is 14.3. The second kappa shape index (κ2) is 6.36. The highest BCUT2D eigenvalue weighted by Crippen LogP contribution is 2.40. The molecule has 2 aromatic rings. The van der Waals surface area contributed by atoms with Crippen LogP contribution in [0.1, 0.15) is 48.1 Å². The Labute approximate surface area is 147 Å². The second-order valence-electron chi connectivity index (χ2n) is 6.68. The second-order valence-corrected chi connectivity index (χ2v) is 6.68. The maximum absolute atomic E-state index is 12.6. The summed E-state index contributed by atoms with van der Waals surface area (Å²) >= 11 is 0. The Morgan fingerprint density at radius 1 is 1.42 bits per heavy atom. The number of aromatic nitrogens is 2. The van der Waals surface area contributed by atoms with Gasteiger partial charge in [0.25, 0.3) is 5.91 Å². The summed E-state index contributed by atoms with van der Waals surface area (Å²) in [6, 6.07) is 7.16. The van der Waals surface area contributed by atoms with Gasteiger partial charge in [-0.25, -0.2) is 0 Å². The number of amides is 1. The molecule has 1 atom stereocenters. The number of ether oxygens (including phenoxy) is 1. The van der Waals surface area contributed by atoms with Crippen LogP contribution in [-0.2, 0) is 7.05 Å². The van der Waals surface area contributed by atoms with Crippen LogP contribution in [-0.4, -0.2) is 21.3 Å². The number of rotatable bonds is 2. The van der Waals surface area contributed by atoms with E-state index in [2.05, 4.69) is 10.4 Å². The molecule has 3 rings (SSSR count). The van der Waals surface area contributed by atoms with Gasteiger partial charge in [-0.05, 0) is 45.0 Å². The SMILES string of the molecule is Cc1cc(C(=O)NC2CC(C)(C)Oc3ccc(N)cc32)n(C)n1.Cl. The van der Waals surface area contributed by atoms with Gasteiger partial charge in [-0.1, -0.05) is 0 Å². The summed E-state index contributed by atoms with van der Waals surface area (Å²) in [5.41, 5.74) is 8.46. The fourth-order valence-electron chi connectivity index (χ4n) is 3.06. The molecule has 0 fully saturated rings. The first kappa shape index (κ1) is 18.1. The maximum Gasteiger partial charge on any atom is 0.270 e. The van der Waals surface area contributed by atoms with E-state index < -0.39 is 0 Å². The third kappa shape index (κ3) is 3.48. The predicted octanol–water partition coefficient (Wildman–Crippen LogP) is 2.76. The fraction of sp³-hybridized carbons (Fsp3) is 0.412. The molecule has 1 aliphatic rings. The monoisotopic (exact) mass is 350 g/mol. The van der Waals surface area contributed by atoms with Crippen LogP contribution in [0.15, 0.2) is 24.3 Å². The van der Waals surface area contributed by atoms with E-state index in [0.717, 1.165) is 17.0 Å². The van der Waals surface area contributed by atoms with Crippen LogP contribution in [0.3, 0.4) is 0 Å². The average Bonchev–Trinajstić information content (AvgIpc) is 2.78. The summed E-state index contributed by atoms with van der Waals surface area (Å²) in [6.45, 7) is 5.89. The number of benzene rings is 1. The topological polar surface area (TPSA) is 82.2 Å². The van der Waals surface area contributed by atoms with E-state index in [1.165, 1.54) is 0 Å². The number of nitrogens with one attached hydrogen (secondary N) is 1. The molecule has 0 aliphatic carbocycles. The van der Waals surface area contributed by atoms with E-state index in [1.54, 1.807) is 17.8 Å². The molecule has 1 aromatic carbocycles. The van der Waals surface area contributed by atoms with Crippen LogP contribution in [0.25, 0.3) is 0 Å². The summed E-state index contributed by atoms with van der Waals surface area (Å²) in [7, 11) is 1.77. The molecule has 2 heterocycles. The number of anilines is 1. The van der Waals surface area contributed by atoms with Crippen molar-refractivity contribution in [2.45, 2.75) is 38.8 Å². The molecule has 0 saturated carbocycles. The molecule has 0 spiro atoms. The minimum Gasteiger partial charge on any atom is -0.487 e. The van der Waals surface area contributed by atoms with Crippen LogP contribution < -0.4 is 15.8 Å². The summed E-state index contributed by atoms with van der Waals surface area (Å²) in [5, 5.41) is 7.32. The number of nitrogens with two attached hydrogens (primary N) is 1. The van der Waals surface area contributed by atoms with Crippen LogP contribution in [0.2, 0.25) is 0 Å². The van der Waals surface area contributed by atoms with Gasteiger partial charge in [-0.2, -0.15) is 5.10 Å². The van der Waals surface area contributed by atoms with Crippen molar-refractivity contribution in [1.82, 2.24) is 15.1 Å². The summed E-state index contributed by atoms with van der Waals surface area (Å²) < 4.78 is 7.59. The largest absolute Gasteiger partial charge is 0.487 e. The zero-order chi connectivity index (χ0) is 16.8. The van der Waals surface area contributed by atoms with Crippen molar-refractivity contribution >= 4 is 24.0 Å². The molecule has 0 saturated heterocycles. The summed E-state index contributed by atoms with van der Waals surface area (Å²) in [4.78, 5) is 12.6. The van der Waals surface area contributed by atoms with Gasteiger partial charge in [0.1, 0.15) is 17.0 Å². The van der Waals surface area contributed by atoms with Crippen LogP contribution in [0.5, 0.6) is 5.75 Å². The first-order valence-corrected chi connectivity index (χ1v) is 7.65. The Hall–Kier alpha value is -2.21. The quantitative estimate of drug-likeness (QED) is 0.816. The van der Waals surface area contributed by atoms with Gasteiger partial charge >= 0.3 is 0 Å². The fourth-order valence-corrected chi connectivity index (χ4v) is 3.06. The minimum absolute atomic E-state index is 0. The van der Waals surface area contributed by atoms with Gasteiger partial charge in [0.2, 0.25) is 0 Å². The highest BCUT2D eigenvalue weighted by atomic mass is 35.5. The van der Waals surface area contributed by atoms with E-state index in [4.69, 9.17) is 10.5 Å². The Balaban J connectivity index is 0.00000208. The molecule has 1 amide bonds. The number of aryl methyl sites for hydroxylation is 2. The third-order valence-corrected chi connectivity index (χ3v) is 4.03. The lowest BCUT2D eigenvalue weighted by Crippen LogP contribution is -2.41. The van der Waals surface area contributed by atoms with E-state index in [1.807, 2.05) is 39.0 Å². The lowest BCUT2D eigenvalue weighted by molar-refractivity contribution is 0.0617. The van der Waals surface area contributed by atoms with Crippen molar-refractivity contribution in [3.63, 3.8) is 0 Å². The molecule has 0 bridgehead atoms. The van der Waals surface area contributed by atoms with Gasteiger partial charge in [0.15, 0.2) is 0 Å². The molecular formula is C17H23ClN4O2. The zero-order valence-corrected chi connectivity index (χ0v) is 15.1. The molecular weight excluding hydrogens is 328 g/mol. The smallest absolute Gasteiger partial charge is 0.270 e. The van der Waals surface area contributed by atoms with E-state index >= 15 is 0 Å². The average molecular weight is 351 g/mol. The van der Waals surface area contributed by atoms with Crippen molar-refractivity contribution in [3.05, 3.63) is 41.2 Å². The minimum atomic E-state index is -0.358. The Morgan fingerprint density at radius 3 is 2.75 bits per heavy atom. The van der Waals surface area contributed by atoms with Crippen molar-refractivity contribution in [1.29, 1.82) is 0 Å². The third-order valence-electron chi connectivity index (χ3n) is 4.03. The Kier molecular flexibility index (Phi) is 4.80. The number of hydrogen-bond acceptors (Lipinski definition) is 4. The number of fused-ring (bicyclic) bond motifs is 1. The van der Waals surface area contributed by atoms with Crippen molar-refractivity contribution in [2.75, 3.05) is 5.73 Å². The highest BCUT2D eigenvalue weighted by Gasteiger charge is 2.35. The summed E-state index contributed by atoms with van der Waals surface area (Å²) in [6.07, 6.45) is 0.673. The first-order valence-electron chi connectivity index (χ1n) is 7.65. The number of hydrogen-bond donors (Lipinski definition) is 2. The molecule has 1 aromatic heterocycles. The van der Waals surface area contributed by atoms with Crippen molar-refractivity contribution in [3.8, 4) is 5.75 Å². The number of halogens is 1. The molecule has 6 nitrogen and oxygen atoms in total. The highest BCUT2D eigenvalue weighted by molar-refractivity contribution is 5.93. The van der Waals surface area contributed by atoms with Gasteiger partial charge in [-0.15, -0.1) is 12.4 Å². The lowest BCUT2D eigenvalue weighted by atomic mass is 9.89. The molecule has 1 aliphatic heterocycles. The van der Waals surface area contributed by atoms with Crippen LogP contribution >= 0.6 is 12.4 Å². The maximum atomic E-state index is 12.6. The van der Waals surface area contributed by atoms with Crippen LogP contribution in [0, 0.1) is 6.92 Å². The molecule has 1 unspecified atom stereocenters. The van der Waals surface area contributed by atoms with E-state index in [9.17, 15) is 4.79 Å². The normalized spacial score (nSPS) is 18.1. The standard InChI is InChI=1S/C17H22N4O2.ClH/c1-10-7-14(21(4)20-10)16(22)19-13-9-17(2,3)23-15-6-5-11(18)8-12(13)15;/h5-8,13H,9,18H2,1-4H3,(H,19,22);1H. The molecule has 3 N–H and O–H groups in total. The van der Waals surface area contributed by atoms with E-state index in [-0.39, 0.29) is 30.0 Å². The van der Waals surface area contributed by atoms with Crippen molar-refractivity contribution in [2.24, 2.45) is 7.05 Å². The lowest BCUT2D eigenvalue weighted by Gasteiger charge is -2.38. The molecule has 7 heteroatoms. The number of nitrogens with zero attached hydrogens (tertiary/aromatic N) is 2. The number of carbonyl (C=O) groups is 1. The first-order chi connectivity index (χ1) is 10.7. The van der Waals surface area contributed by atoms with Crippen molar-refractivity contribution < 1.29 is 9.53 Å². The van der Waals surface area contributed by atoms with Gasteiger partial charge in [-0.3, -0.25) is 9.48 Å². The molecule has 24 heavy (non-hydrogen) atoms. The Bertz CT molecular complexity index is 770. The molecule has 0 radical (unpaired) electrons. The number of carbonyl (C=O) groups excluding carboxylic acids is 1. The van der Waals surface area contributed by atoms with Gasteiger partial charge < -0.3 is 15.8 Å².